The second-order valence-electron chi connectivity index (χ2n) is 4.72. The predicted molar refractivity (Wildman–Crippen MR) is 69.6 cm³/mol. The Morgan fingerprint density at radius 1 is 1.41 bits per heavy atom. The molecule has 0 spiro atoms. The first-order valence-electron chi connectivity index (χ1n) is 5.16. The van der Waals surface area contributed by atoms with Crippen LogP contribution in [-0.2, 0) is 10.0 Å². The van der Waals surface area contributed by atoms with Crippen LogP contribution >= 0.6 is 11.6 Å². The molecule has 0 aliphatic heterocycles. The van der Waals surface area contributed by atoms with Gasteiger partial charge in [0.05, 0.1) is 4.90 Å². The molecule has 6 heteroatoms. The van der Waals surface area contributed by atoms with Crippen molar-refractivity contribution in [3.63, 3.8) is 0 Å². The van der Waals surface area contributed by atoms with Crippen molar-refractivity contribution in [2.75, 3.05) is 6.54 Å². The Balaban J connectivity index is 2.98. The molecule has 3 N–H and O–H groups in total. The maximum atomic E-state index is 12.0. The quantitative estimate of drug-likeness (QED) is 0.879. The molecule has 0 aliphatic rings. The Morgan fingerprint density at radius 3 is 2.47 bits per heavy atom. The highest BCUT2D eigenvalue weighted by atomic mass is 35.5. The summed E-state index contributed by atoms with van der Waals surface area (Å²) in [4.78, 5) is 0.228. The van der Waals surface area contributed by atoms with Crippen LogP contribution in [0, 0.1) is 6.92 Å². The van der Waals surface area contributed by atoms with Gasteiger partial charge in [0.2, 0.25) is 10.0 Å². The third kappa shape index (κ3) is 4.27. The van der Waals surface area contributed by atoms with E-state index in [1.54, 1.807) is 32.9 Å². The molecule has 96 valence electrons. The van der Waals surface area contributed by atoms with E-state index in [9.17, 15) is 8.42 Å². The number of hydrogen-bond donors (Lipinski definition) is 2. The minimum atomic E-state index is -3.53. The lowest BCUT2D eigenvalue weighted by Gasteiger charge is -2.19. The molecule has 4 nitrogen and oxygen atoms in total. The molecule has 1 rings (SSSR count). The van der Waals surface area contributed by atoms with Crippen LogP contribution in [0.2, 0.25) is 5.02 Å². The van der Waals surface area contributed by atoms with Gasteiger partial charge in [-0.15, -0.1) is 0 Å². The molecule has 0 radical (unpaired) electrons. The van der Waals surface area contributed by atoms with Gasteiger partial charge in [-0.3, -0.25) is 0 Å². The van der Waals surface area contributed by atoms with Crippen molar-refractivity contribution in [3.8, 4) is 0 Å². The highest BCUT2D eigenvalue weighted by Crippen LogP contribution is 2.19. The molecule has 0 unspecified atom stereocenters. The van der Waals surface area contributed by atoms with E-state index < -0.39 is 15.6 Å². The van der Waals surface area contributed by atoms with Gasteiger partial charge in [-0.25, -0.2) is 13.1 Å². The van der Waals surface area contributed by atoms with Crippen molar-refractivity contribution in [2.24, 2.45) is 5.73 Å². The SMILES string of the molecule is Cc1cc(Cl)ccc1S(=O)(=O)NCC(C)(C)N. The molecular weight excluding hydrogens is 260 g/mol. The van der Waals surface area contributed by atoms with Gasteiger partial charge in [-0.05, 0) is 44.5 Å². The summed E-state index contributed by atoms with van der Waals surface area (Å²) in [7, 11) is -3.53. The molecule has 1 aromatic rings. The second kappa shape index (κ2) is 4.94. The molecule has 0 fully saturated rings. The Kier molecular flexibility index (Phi) is 4.19. The first-order valence-corrected chi connectivity index (χ1v) is 7.03. The van der Waals surface area contributed by atoms with E-state index in [-0.39, 0.29) is 11.4 Å². The zero-order valence-electron chi connectivity index (χ0n) is 10.1. The van der Waals surface area contributed by atoms with Crippen molar-refractivity contribution >= 4 is 21.6 Å². The monoisotopic (exact) mass is 276 g/mol. The number of hydrogen-bond acceptors (Lipinski definition) is 3. The summed E-state index contributed by atoms with van der Waals surface area (Å²) in [6.45, 7) is 5.39. The largest absolute Gasteiger partial charge is 0.324 e. The smallest absolute Gasteiger partial charge is 0.240 e. The molecule has 0 amide bonds. The van der Waals surface area contributed by atoms with E-state index in [0.717, 1.165) is 0 Å². The Hall–Kier alpha value is -0.620. The first kappa shape index (κ1) is 14.4. The van der Waals surface area contributed by atoms with Crippen LogP contribution in [0.5, 0.6) is 0 Å². The average molecular weight is 277 g/mol. The van der Waals surface area contributed by atoms with Crippen molar-refractivity contribution in [1.82, 2.24) is 4.72 Å². The van der Waals surface area contributed by atoms with E-state index in [0.29, 0.717) is 10.6 Å². The first-order chi connectivity index (χ1) is 7.62. The van der Waals surface area contributed by atoms with Gasteiger partial charge in [0, 0.05) is 17.1 Å². The van der Waals surface area contributed by atoms with Crippen molar-refractivity contribution in [1.29, 1.82) is 0 Å². The van der Waals surface area contributed by atoms with Crippen LogP contribution in [0.25, 0.3) is 0 Å². The Bertz CT molecular complexity index is 507. The van der Waals surface area contributed by atoms with Crippen LogP contribution in [0.3, 0.4) is 0 Å². The second-order valence-corrected chi connectivity index (χ2v) is 6.89. The summed E-state index contributed by atoms with van der Waals surface area (Å²) in [5.74, 6) is 0. The number of benzene rings is 1. The zero-order chi connectivity index (χ0) is 13.3. The standard InChI is InChI=1S/C11H17ClN2O2S/c1-8-6-9(12)4-5-10(8)17(15,16)14-7-11(2,3)13/h4-6,14H,7,13H2,1-3H3. The van der Waals surface area contributed by atoms with Crippen LogP contribution in [0.1, 0.15) is 19.4 Å². The van der Waals surface area contributed by atoms with Gasteiger partial charge >= 0.3 is 0 Å². The predicted octanol–water partition coefficient (Wildman–Crippen LogP) is 1.66. The Morgan fingerprint density at radius 2 is 2.00 bits per heavy atom. The fourth-order valence-electron chi connectivity index (χ4n) is 1.27. The van der Waals surface area contributed by atoms with E-state index in [4.69, 9.17) is 17.3 Å². The fraction of sp³-hybridized carbons (Fsp3) is 0.455. The summed E-state index contributed by atoms with van der Waals surface area (Å²) >= 11 is 5.78. The van der Waals surface area contributed by atoms with E-state index in [1.807, 2.05) is 0 Å². The number of aryl methyl sites for hydroxylation is 1. The maximum absolute atomic E-state index is 12.0. The lowest BCUT2D eigenvalue weighted by atomic mass is 10.1. The molecule has 0 aliphatic carbocycles. The molecule has 0 atom stereocenters. The van der Waals surface area contributed by atoms with Gasteiger partial charge in [-0.2, -0.15) is 0 Å². The molecule has 0 aromatic heterocycles. The normalized spacial score (nSPS) is 12.8. The summed E-state index contributed by atoms with van der Waals surface area (Å²) < 4.78 is 26.5. The topological polar surface area (TPSA) is 72.2 Å². The molecule has 0 heterocycles. The van der Waals surface area contributed by atoms with E-state index in [2.05, 4.69) is 4.72 Å². The number of halogens is 1. The lowest BCUT2D eigenvalue weighted by molar-refractivity contribution is 0.497. The van der Waals surface area contributed by atoms with Crippen LogP contribution < -0.4 is 10.5 Å². The number of nitrogens with one attached hydrogen (secondary N) is 1. The van der Waals surface area contributed by atoms with Gasteiger partial charge in [-0.1, -0.05) is 11.6 Å². The van der Waals surface area contributed by atoms with Crippen molar-refractivity contribution in [2.45, 2.75) is 31.2 Å². The number of nitrogens with two attached hydrogens (primary N) is 1. The third-order valence-electron chi connectivity index (χ3n) is 2.14. The molecule has 0 saturated carbocycles. The highest BCUT2D eigenvalue weighted by Gasteiger charge is 2.20. The van der Waals surface area contributed by atoms with Crippen LogP contribution in [-0.4, -0.2) is 20.5 Å². The molecule has 1 aromatic carbocycles. The highest BCUT2D eigenvalue weighted by molar-refractivity contribution is 7.89. The van der Waals surface area contributed by atoms with Crippen molar-refractivity contribution < 1.29 is 8.42 Å². The van der Waals surface area contributed by atoms with Gasteiger partial charge in [0.1, 0.15) is 0 Å². The molecule has 0 saturated heterocycles. The van der Waals surface area contributed by atoms with Crippen molar-refractivity contribution in [3.05, 3.63) is 28.8 Å². The van der Waals surface area contributed by atoms with E-state index >= 15 is 0 Å². The number of sulfonamides is 1. The summed E-state index contributed by atoms with van der Waals surface area (Å²) in [6.07, 6.45) is 0. The molecule has 17 heavy (non-hydrogen) atoms. The third-order valence-corrected chi connectivity index (χ3v) is 3.94. The summed E-state index contributed by atoms with van der Waals surface area (Å²) in [6, 6.07) is 4.66. The lowest BCUT2D eigenvalue weighted by Crippen LogP contribution is -2.45. The van der Waals surface area contributed by atoms with Crippen LogP contribution in [0.4, 0.5) is 0 Å². The zero-order valence-corrected chi connectivity index (χ0v) is 11.7. The van der Waals surface area contributed by atoms with Gasteiger partial charge < -0.3 is 5.73 Å². The van der Waals surface area contributed by atoms with Crippen LogP contribution in [0.15, 0.2) is 23.1 Å². The minimum absolute atomic E-state index is 0.178. The summed E-state index contributed by atoms with van der Waals surface area (Å²) in [5.41, 5.74) is 5.76. The van der Waals surface area contributed by atoms with E-state index in [1.165, 1.54) is 6.07 Å². The Labute approximate surface area is 107 Å². The number of rotatable bonds is 4. The average Bonchev–Trinajstić information content (AvgIpc) is 2.13. The molecule has 0 bridgehead atoms. The maximum Gasteiger partial charge on any atom is 0.240 e. The minimum Gasteiger partial charge on any atom is -0.324 e. The van der Waals surface area contributed by atoms with Gasteiger partial charge in [0.15, 0.2) is 0 Å². The molecular formula is C11H17ClN2O2S. The fourth-order valence-corrected chi connectivity index (χ4v) is 2.95. The summed E-state index contributed by atoms with van der Waals surface area (Å²) in [5, 5.41) is 0.514. The van der Waals surface area contributed by atoms with Gasteiger partial charge in [0.25, 0.3) is 0 Å².